The minimum atomic E-state index is -0.256. The highest BCUT2D eigenvalue weighted by atomic mass is 79.9. The van der Waals surface area contributed by atoms with Crippen LogP contribution in [-0.4, -0.2) is 19.2 Å². The molecule has 2 aromatic carbocycles. The average molecular weight is 335 g/mol. The minimum Gasteiger partial charge on any atom is -0.492 e. The molecule has 2 aromatic rings. The van der Waals surface area contributed by atoms with Gasteiger partial charge in [-0.25, -0.2) is 4.79 Å². The van der Waals surface area contributed by atoms with Crippen LogP contribution in [0.15, 0.2) is 59.1 Å². The molecule has 0 fully saturated rings. The number of carbonyl (C=O) groups excluding carboxylic acids is 1. The van der Waals surface area contributed by atoms with Crippen LogP contribution in [0.1, 0.15) is 0 Å². The van der Waals surface area contributed by atoms with Gasteiger partial charge in [-0.15, -0.1) is 0 Å². The highest BCUT2D eigenvalue weighted by Crippen LogP contribution is 2.20. The van der Waals surface area contributed by atoms with E-state index in [9.17, 15) is 4.79 Å². The Morgan fingerprint density at radius 3 is 2.50 bits per heavy atom. The zero-order chi connectivity index (χ0) is 14.2. The van der Waals surface area contributed by atoms with E-state index < -0.39 is 0 Å². The van der Waals surface area contributed by atoms with Gasteiger partial charge in [0, 0.05) is 4.47 Å². The van der Waals surface area contributed by atoms with Crippen molar-refractivity contribution in [2.45, 2.75) is 0 Å². The van der Waals surface area contributed by atoms with E-state index in [-0.39, 0.29) is 6.03 Å². The maximum atomic E-state index is 11.7. The lowest BCUT2D eigenvalue weighted by atomic mass is 10.3. The number of nitrogens with one attached hydrogen (secondary N) is 2. The van der Waals surface area contributed by atoms with E-state index in [4.69, 9.17) is 4.74 Å². The van der Waals surface area contributed by atoms with E-state index in [0.29, 0.717) is 13.2 Å². The van der Waals surface area contributed by atoms with Crippen molar-refractivity contribution in [3.05, 3.63) is 59.1 Å². The average Bonchev–Trinajstić information content (AvgIpc) is 2.47. The molecule has 0 heterocycles. The van der Waals surface area contributed by atoms with Gasteiger partial charge in [0.1, 0.15) is 12.4 Å². The second kappa shape index (κ2) is 7.55. The Morgan fingerprint density at radius 2 is 1.75 bits per heavy atom. The molecule has 0 saturated heterocycles. The summed E-state index contributed by atoms with van der Waals surface area (Å²) in [6.45, 7) is 0.860. The number of benzene rings is 2. The summed E-state index contributed by atoms with van der Waals surface area (Å²) in [5, 5.41) is 5.49. The molecule has 2 N–H and O–H groups in total. The summed E-state index contributed by atoms with van der Waals surface area (Å²) in [6, 6.07) is 16.7. The molecular weight excluding hydrogens is 320 g/mol. The zero-order valence-corrected chi connectivity index (χ0v) is 12.4. The fourth-order valence-electron chi connectivity index (χ4n) is 1.58. The first-order chi connectivity index (χ1) is 9.75. The first-order valence-electron chi connectivity index (χ1n) is 6.23. The molecular formula is C15H15BrN2O2. The maximum absolute atomic E-state index is 11.7. The molecule has 0 atom stereocenters. The van der Waals surface area contributed by atoms with Crippen molar-refractivity contribution in [2.24, 2.45) is 0 Å². The summed E-state index contributed by atoms with van der Waals surface area (Å²) in [5.74, 6) is 0.792. The number of hydrogen-bond acceptors (Lipinski definition) is 2. The Balaban J connectivity index is 1.69. The van der Waals surface area contributed by atoms with Crippen molar-refractivity contribution in [2.75, 3.05) is 18.5 Å². The van der Waals surface area contributed by atoms with Crippen LogP contribution in [0, 0.1) is 0 Å². The third kappa shape index (κ3) is 4.59. The van der Waals surface area contributed by atoms with E-state index >= 15 is 0 Å². The Morgan fingerprint density at radius 1 is 1.05 bits per heavy atom. The quantitative estimate of drug-likeness (QED) is 0.820. The molecule has 0 saturated carbocycles. The van der Waals surface area contributed by atoms with Crippen LogP contribution in [-0.2, 0) is 0 Å². The van der Waals surface area contributed by atoms with Crippen molar-refractivity contribution in [1.82, 2.24) is 5.32 Å². The smallest absolute Gasteiger partial charge is 0.319 e. The molecule has 0 aliphatic rings. The van der Waals surface area contributed by atoms with E-state index in [1.807, 2.05) is 54.6 Å². The van der Waals surface area contributed by atoms with E-state index in [1.54, 1.807) is 0 Å². The van der Waals surface area contributed by atoms with Crippen LogP contribution < -0.4 is 15.4 Å². The van der Waals surface area contributed by atoms with Crippen LogP contribution in [0.2, 0.25) is 0 Å². The number of rotatable bonds is 5. The Bertz CT molecular complexity index is 561. The lowest BCUT2D eigenvalue weighted by Gasteiger charge is -2.10. The summed E-state index contributed by atoms with van der Waals surface area (Å²) in [5.41, 5.74) is 0.731. The van der Waals surface area contributed by atoms with E-state index in [0.717, 1.165) is 15.9 Å². The lowest BCUT2D eigenvalue weighted by molar-refractivity contribution is 0.247. The van der Waals surface area contributed by atoms with Crippen LogP contribution in [0.4, 0.5) is 10.5 Å². The molecule has 0 spiro atoms. The number of urea groups is 1. The molecule has 0 bridgehead atoms. The number of hydrogen-bond donors (Lipinski definition) is 2. The van der Waals surface area contributed by atoms with Crippen molar-refractivity contribution < 1.29 is 9.53 Å². The SMILES string of the molecule is O=C(NCCOc1ccccc1)Nc1ccccc1Br. The molecule has 104 valence electrons. The molecule has 2 rings (SSSR count). The number of ether oxygens (including phenoxy) is 1. The number of carbonyl (C=O) groups is 1. The van der Waals surface area contributed by atoms with E-state index in [1.165, 1.54) is 0 Å². The van der Waals surface area contributed by atoms with Gasteiger partial charge in [0.25, 0.3) is 0 Å². The van der Waals surface area contributed by atoms with Gasteiger partial charge in [0.15, 0.2) is 0 Å². The zero-order valence-electron chi connectivity index (χ0n) is 10.8. The van der Waals surface area contributed by atoms with Gasteiger partial charge in [-0.1, -0.05) is 30.3 Å². The largest absolute Gasteiger partial charge is 0.492 e. The molecule has 4 nitrogen and oxygen atoms in total. The summed E-state index contributed by atoms with van der Waals surface area (Å²) in [4.78, 5) is 11.7. The van der Waals surface area contributed by atoms with Crippen LogP contribution in [0.3, 0.4) is 0 Å². The van der Waals surface area contributed by atoms with Gasteiger partial charge < -0.3 is 15.4 Å². The Kier molecular flexibility index (Phi) is 5.43. The molecule has 2 amide bonds. The summed E-state index contributed by atoms with van der Waals surface area (Å²) in [7, 11) is 0. The van der Waals surface area contributed by atoms with Crippen LogP contribution >= 0.6 is 15.9 Å². The van der Waals surface area contributed by atoms with Crippen LogP contribution in [0.25, 0.3) is 0 Å². The standard InChI is InChI=1S/C15H15BrN2O2/c16-13-8-4-5-9-14(13)18-15(19)17-10-11-20-12-6-2-1-3-7-12/h1-9H,10-11H2,(H2,17,18,19). The van der Waals surface area contributed by atoms with Gasteiger partial charge in [-0.05, 0) is 40.2 Å². The topological polar surface area (TPSA) is 50.4 Å². The third-order valence-corrected chi connectivity index (χ3v) is 3.21. The summed E-state index contributed by atoms with van der Waals surface area (Å²) in [6.07, 6.45) is 0. The van der Waals surface area contributed by atoms with Gasteiger partial charge in [0.05, 0.1) is 12.2 Å². The van der Waals surface area contributed by atoms with E-state index in [2.05, 4.69) is 26.6 Å². The fraction of sp³-hybridized carbons (Fsp3) is 0.133. The third-order valence-electron chi connectivity index (χ3n) is 2.52. The maximum Gasteiger partial charge on any atom is 0.319 e. The number of amides is 2. The van der Waals surface area contributed by atoms with Crippen molar-refractivity contribution in [3.63, 3.8) is 0 Å². The van der Waals surface area contributed by atoms with Gasteiger partial charge in [-0.2, -0.15) is 0 Å². The molecule has 20 heavy (non-hydrogen) atoms. The number of para-hydroxylation sites is 2. The highest BCUT2D eigenvalue weighted by molar-refractivity contribution is 9.10. The fourth-order valence-corrected chi connectivity index (χ4v) is 1.96. The van der Waals surface area contributed by atoms with Gasteiger partial charge in [0.2, 0.25) is 0 Å². The summed E-state index contributed by atoms with van der Waals surface area (Å²) >= 11 is 3.37. The number of halogens is 1. The van der Waals surface area contributed by atoms with Crippen molar-refractivity contribution >= 4 is 27.6 Å². The molecule has 0 aliphatic carbocycles. The second-order valence-corrected chi connectivity index (χ2v) is 4.88. The van der Waals surface area contributed by atoms with Gasteiger partial charge in [-0.3, -0.25) is 0 Å². The molecule has 0 unspecified atom stereocenters. The Hall–Kier alpha value is -2.01. The highest BCUT2D eigenvalue weighted by Gasteiger charge is 2.03. The summed E-state index contributed by atoms with van der Waals surface area (Å²) < 4.78 is 6.32. The predicted molar refractivity (Wildman–Crippen MR) is 83.1 cm³/mol. The monoisotopic (exact) mass is 334 g/mol. The molecule has 0 aliphatic heterocycles. The lowest BCUT2D eigenvalue weighted by Crippen LogP contribution is -2.32. The second-order valence-electron chi connectivity index (χ2n) is 4.02. The predicted octanol–water partition coefficient (Wildman–Crippen LogP) is 3.65. The molecule has 0 radical (unpaired) electrons. The van der Waals surface area contributed by atoms with Crippen LogP contribution in [0.5, 0.6) is 5.75 Å². The van der Waals surface area contributed by atoms with Gasteiger partial charge >= 0.3 is 6.03 Å². The normalized spacial score (nSPS) is 9.85. The molecule has 5 heteroatoms. The number of anilines is 1. The molecule has 0 aromatic heterocycles. The Labute approximate surface area is 126 Å². The first kappa shape index (κ1) is 14.4. The minimum absolute atomic E-state index is 0.256. The van der Waals surface area contributed by atoms with Crippen molar-refractivity contribution in [1.29, 1.82) is 0 Å². The first-order valence-corrected chi connectivity index (χ1v) is 7.02. The van der Waals surface area contributed by atoms with Crippen molar-refractivity contribution in [3.8, 4) is 5.75 Å².